The molecule has 0 heterocycles. The monoisotopic (exact) mass is 431 g/mol. The van der Waals surface area contributed by atoms with E-state index in [1.54, 1.807) is 20.2 Å². The predicted octanol–water partition coefficient (Wildman–Crippen LogP) is 2.99. The summed E-state index contributed by atoms with van der Waals surface area (Å²) < 4.78 is 0. The van der Waals surface area contributed by atoms with Crippen molar-refractivity contribution in [3.05, 3.63) is 47.5 Å². The van der Waals surface area contributed by atoms with E-state index in [9.17, 15) is 19.5 Å². The van der Waals surface area contributed by atoms with Crippen LogP contribution in [-0.4, -0.2) is 54.0 Å². The van der Waals surface area contributed by atoms with E-state index >= 15 is 0 Å². The highest BCUT2D eigenvalue weighted by Crippen LogP contribution is 2.25. The SMILES string of the molecule is CN[C@H](C(=O)N[C@H](C(=O)N(C)[C@H](/C=C(\C)C(=O)O)C(C)C)C(C)(C)C)c1ccccc1. The molecule has 0 saturated heterocycles. The fraction of sp³-hybridized carbons (Fsp3) is 0.542. The van der Waals surface area contributed by atoms with Crippen LogP contribution in [0.1, 0.15) is 53.1 Å². The minimum absolute atomic E-state index is 0.00561. The number of hydrogen-bond donors (Lipinski definition) is 3. The molecule has 2 amide bonds. The second-order valence-electron chi connectivity index (χ2n) is 9.28. The molecule has 0 aliphatic heterocycles. The Hall–Kier alpha value is -2.67. The Morgan fingerprint density at radius 1 is 1.10 bits per heavy atom. The zero-order valence-corrected chi connectivity index (χ0v) is 19.9. The largest absolute Gasteiger partial charge is 0.478 e. The minimum Gasteiger partial charge on any atom is -0.478 e. The van der Waals surface area contributed by atoms with Crippen LogP contribution in [0.4, 0.5) is 0 Å². The average molecular weight is 432 g/mol. The van der Waals surface area contributed by atoms with Crippen molar-refractivity contribution in [2.24, 2.45) is 11.3 Å². The van der Waals surface area contributed by atoms with E-state index in [1.165, 1.54) is 11.8 Å². The first-order valence-corrected chi connectivity index (χ1v) is 10.5. The molecule has 31 heavy (non-hydrogen) atoms. The first kappa shape index (κ1) is 26.4. The van der Waals surface area contributed by atoms with Gasteiger partial charge in [-0.3, -0.25) is 9.59 Å². The van der Waals surface area contributed by atoms with Crippen LogP contribution < -0.4 is 10.6 Å². The number of rotatable bonds is 9. The molecule has 172 valence electrons. The van der Waals surface area contributed by atoms with Gasteiger partial charge in [0, 0.05) is 12.6 Å². The summed E-state index contributed by atoms with van der Waals surface area (Å²) in [5.74, 6) is -1.59. The van der Waals surface area contributed by atoms with Crippen molar-refractivity contribution < 1.29 is 19.5 Å². The molecule has 0 spiro atoms. The van der Waals surface area contributed by atoms with Gasteiger partial charge in [0.15, 0.2) is 0 Å². The van der Waals surface area contributed by atoms with Crippen LogP contribution in [0.2, 0.25) is 0 Å². The quantitative estimate of drug-likeness (QED) is 0.522. The zero-order chi connectivity index (χ0) is 23.9. The zero-order valence-electron chi connectivity index (χ0n) is 19.9. The fourth-order valence-corrected chi connectivity index (χ4v) is 3.40. The van der Waals surface area contributed by atoms with Gasteiger partial charge in [0.25, 0.3) is 0 Å². The molecule has 0 aliphatic rings. The fourth-order valence-electron chi connectivity index (χ4n) is 3.40. The molecule has 3 atom stereocenters. The number of carboxylic acids is 1. The van der Waals surface area contributed by atoms with Crippen molar-refractivity contribution in [3.8, 4) is 0 Å². The highest BCUT2D eigenvalue weighted by atomic mass is 16.4. The van der Waals surface area contributed by atoms with Crippen LogP contribution in [0.3, 0.4) is 0 Å². The molecule has 0 unspecified atom stereocenters. The molecule has 7 heteroatoms. The Morgan fingerprint density at radius 2 is 1.65 bits per heavy atom. The lowest BCUT2D eigenvalue weighted by Crippen LogP contribution is -2.57. The number of aliphatic carboxylic acids is 1. The van der Waals surface area contributed by atoms with Gasteiger partial charge in [-0.2, -0.15) is 0 Å². The summed E-state index contributed by atoms with van der Waals surface area (Å²) in [7, 11) is 3.35. The van der Waals surface area contributed by atoms with Gasteiger partial charge in [-0.15, -0.1) is 0 Å². The van der Waals surface area contributed by atoms with Crippen LogP contribution in [0.5, 0.6) is 0 Å². The predicted molar refractivity (Wildman–Crippen MR) is 122 cm³/mol. The Labute approximate surface area is 185 Å². The molecule has 0 bridgehead atoms. The number of benzene rings is 1. The van der Waals surface area contributed by atoms with Crippen LogP contribution in [0.15, 0.2) is 42.0 Å². The summed E-state index contributed by atoms with van der Waals surface area (Å²) in [6.45, 7) is 11.0. The Balaban J connectivity index is 3.20. The third kappa shape index (κ3) is 7.21. The average Bonchev–Trinajstić information content (AvgIpc) is 2.69. The standard InChI is InChI=1S/C24H37N3O4/c1-15(2)18(14-16(3)23(30)31)27(8)22(29)20(24(4,5)6)26-21(28)19(25-7)17-12-10-9-11-13-17/h9-15,18-20,25H,1-8H3,(H,26,28)(H,30,31)/b16-14+/t18-,19+,20-/m1/s1. The van der Waals surface area contributed by atoms with Crippen LogP contribution >= 0.6 is 0 Å². The summed E-state index contributed by atoms with van der Waals surface area (Å²) in [6.07, 6.45) is 1.59. The second kappa shape index (κ2) is 11.1. The van der Waals surface area contributed by atoms with Gasteiger partial charge >= 0.3 is 5.97 Å². The van der Waals surface area contributed by atoms with Crippen molar-refractivity contribution in [2.75, 3.05) is 14.1 Å². The third-order valence-corrected chi connectivity index (χ3v) is 5.32. The van der Waals surface area contributed by atoms with E-state index < -0.39 is 29.5 Å². The number of nitrogens with one attached hydrogen (secondary N) is 2. The van der Waals surface area contributed by atoms with E-state index in [-0.39, 0.29) is 23.3 Å². The number of carboxylic acid groups (broad SMARTS) is 1. The Bertz CT molecular complexity index is 797. The normalized spacial score (nSPS) is 15.2. The Kier molecular flexibility index (Phi) is 9.43. The molecular weight excluding hydrogens is 394 g/mol. The van der Waals surface area contributed by atoms with Crippen molar-refractivity contribution in [3.63, 3.8) is 0 Å². The van der Waals surface area contributed by atoms with Gasteiger partial charge in [0.05, 0.1) is 6.04 Å². The first-order valence-electron chi connectivity index (χ1n) is 10.5. The van der Waals surface area contributed by atoms with E-state index in [0.29, 0.717) is 0 Å². The molecule has 1 aromatic rings. The lowest BCUT2D eigenvalue weighted by atomic mass is 9.84. The smallest absolute Gasteiger partial charge is 0.331 e. The van der Waals surface area contributed by atoms with Gasteiger partial charge in [-0.1, -0.05) is 71.0 Å². The first-order chi connectivity index (χ1) is 14.3. The van der Waals surface area contributed by atoms with Gasteiger partial charge in [0.2, 0.25) is 11.8 Å². The van der Waals surface area contributed by atoms with Crippen LogP contribution in [0.25, 0.3) is 0 Å². The second-order valence-corrected chi connectivity index (χ2v) is 9.28. The summed E-state index contributed by atoms with van der Waals surface area (Å²) in [6, 6.07) is 7.51. The molecule has 7 nitrogen and oxygen atoms in total. The van der Waals surface area contributed by atoms with E-state index in [2.05, 4.69) is 10.6 Å². The molecule has 0 aliphatic carbocycles. The molecule has 0 fully saturated rings. The molecule has 1 aromatic carbocycles. The van der Waals surface area contributed by atoms with Crippen molar-refractivity contribution >= 4 is 17.8 Å². The van der Waals surface area contributed by atoms with Gasteiger partial charge in [0.1, 0.15) is 12.1 Å². The van der Waals surface area contributed by atoms with E-state index in [0.717, 1.165) is 5.56 Å². The topological polar surface area (TPSA) is 98.7 Å². The Morgan fingerprint density at radius 3 is 2.06 bits per heavy atom. The maximum Gasteiger partial charge on any atom is 0.331 e. The van der Waals surface area contributed by atoms with Crippen LogP contribution in [-0.2, 0) is 14.4 Å². The molecule has 3 N–H and O–H groups in total. The van der Waals surface area contributed by atoms with Crippen molar-refractivity contribution in [1.29, 1.82) is 0 Å². The summed E-state index contributed by atoms with van der Waals surface area (Å²) >= 11 is 0. The lowest BCUT2D eigenvalue weighted by molar-refractivity contribution is -0.140. The number of hydrogen-bond acceptors (Lipinski definition) is 4. The van der Waals surface area contributed by atoms with Gasteiger partial charge < -0.3 is 20.6 Å². The minimum atomic E-state index is -1.02. The molecule has 1 rings (SSSR count). The van der Waals surface area contributed by atoms with E-state index in [1.807, 2.05) is 65.0 Å². The highest BCUT2D eigenvalue weighted by molar-refractivity contribution is 5.91. The third-order valence-electron chi connectivity index (χ3n) is 5.32. The van der Waals surface area contributed by atoms with Crippen LogP contribution in [0, 0.1) is 11.3 Å². The number of carbonyl (C=O) groups excluding carboxylic acids is 2. The highest BCUT2D eigenvalue weighted by Gasteiger charge is 2.38. The van der Waals surface area contributed by atoms with E-state index in [4.69, 9.17) is 0 Å². The van der Waals surface area contributed by atoms with Crippen molar-refractivity contribution in [1.82, 2.24) is 15.5 Å². The number of likely N-dealkylation sites (N-methyl/N-ethyl adjacent to an activating group) is 2. The maximum atomic E-state index is 13.5. The molecule has 0 aromatic heterocycles. The number of amides is 2. The molecule has 0 radical (unpaired) electrons. The molecular formula is C24H37N3O4. The molecule has 0 saturated carbocycles. The summed E-state index contributed by atoms with van der Waals surface area (Å²) in [4.78, 5) is 39.4. The lowest BCUT2D eigenvalue weighted by Gasteiger charge is -2.38. The van der Waals surface area contributed by atoms with Crippen molar-refractivity contribution in [2.45, 2.75) is 59.7 Å². The van der Waals surface area contributed by atoms with Gasteiger partial charge in [-0.05, 0) is 30.9 Å². The number of carbonyl (C=O) groups is 3. The maximum absolute atomic E-state index is 13.5. The van der Waals surface area contributed by atoms with Gasteiger partial charge in [-0.25, -0.2) is 4.79 Å². The summed E-state index contributed by atoms with van der Waals surface area (Å²) in [5, 5.41) is 15.2. The summed E-state index contributed by atoms with van der Waals surface area (Å²) in [5.41, 5.74) is 0.424. The number of nitrogens with zero attached hydrogens (tertiary/aromatic N) is 1.